The highest BCUT2D eigenvalue weighted by molar-refractivity contribution is 7.92. The molecule has 3 aromatic rings. The average Bonchev–Trinajstić information content (AvgIpc) is 2.76. The van der Waals surface area contributed by atoms with Crippen LogP contribution in [0.2, 0.25) is 5.02 Å². The van der Waals surface area contributed by atoms with Crippen molar-refractivity contribution in [3.8, 4) is 5.75 Å². The van der Waals surface area contributed by atoms with E-state index in [1.807, 2.05) is 52.0 Å². The van der Waals surface area contributed by atoms with Crippen molar-refractivity contribution in [3.63, 3.8) is 0 Å². The van der Waals surface area contributed by atoms with E-state index in [2.05, 4.69) is 10.0 Å². The smallest absolute Gasteiger partial charge is 0.263 e. The number of aryl methyl sites for hydroxylation is 3. The maximum Gasteiger partial charge on any atom is 0.263 e. The van der Waals surface area contributed by atoms with Crippen LogP contribution < -0.4 is 14.8 Å². The van der Waals surface area contributed by atoms with Gasteiger partial charge < -0.3 is 10.1 Å². The van der Waals surface area contributed by atoms with Crippen LogP contribution in [0.3, 0.4) is 0 Å². The molecule has 0 aromatic heterocycles. The number of anilines is 1. The lowest BCUT2D eigenvalue weighted by Gasteiger charge is -2.14. The highest BCUT2D eigenvalue weighted by atomic mass is 35.5. The third-order valence-electron chi connectivity index (χ3n) is 5.47. The van der Waals surface area contributed by atoms with Crippen molar-refractivity contribution in [1.82, 2.24) is 5.32 Å². The van der Waals surface area contributed by atoms with Crippen molar-refractivity contribution < 1.29 is 17.9 Å². The molecular weight excluding hydrogens is 460 g/mol. The Kier molecular flexibility index (Phi) is 7.66. The van der Waals surface area contributed by atoms with Gasteiger partial charge >= 0.3 is 0 Å². The minimum atomic E-state index is -3.99. The summed E-state index contributed by atoms with van der Waals surface area (Å²) in [5.41, 5.74) is 4.72. The predicted octanol–water partition coefficient (Wildman–Crippen LogP) is 5.18. The van der Waals surface area contributed by atoms with Gasteiger partial charge in [0.1, 0.15) is 17.3 Å². The van der Waals surface area contributed by atoms with Gasteiger partial charge in [-0.15, -0.1) is 0 Å². The zero-order chi connectivity index (χ0) is 24.2. The second-order valence-electron chi connectivity index (χ2n) is 7.85. The summed E-state index contributed by atoms with van der Waals surface area (Å²) in [7, 11) is -3.99. The molecule has 0 atom stereocenters. The maximum absolute atomic E-state index is 13.0. The molecule has 3 rings (SSSR count). The summed E-state index contributed by atoms with van der Waals surface area (Å²) in [6.07, 6.45) is 0. The fourth-order valence-electron chi connectivity index (χ4n) is 3.15. The first-order valence-corrected chi connectivity index (χ1v) is 12.3. The number of sulfonamides is 1. The van der Waals surface area contributed by atoms with E-state index in [-0.39, 0.29) is 28.6 Å². The molecule has 0 saturated heterocycles. The lowest BCUT2D eigenvalue weighted by atomic mass is 10.1. The number of ether oxygens (including phenoxy) is 1. The molecular formula is C25H27ClN2O4S. The highest BCUT2D eigenvalue weighted by Gasteiger charge is 2.21. The molecule has 0 radical (unpaired) electrons. The zero-order valence-electron chi connectivity index (χ0n) is 19.0. The molecule has 3 aromatic carbocycles. The monoisotopic (exact) mass is 486 g/mol. The second kappa shape index (κ2) is 10.3. The van der Waals surface area contributed by atoms with Gasteiger partial charge in [0.25, 0.3) is 15.9 Å². The first-order valence-electron chi connectivity index (χ1n) is 10.5. The molecule has 0 fully saturated rings. The first-order chi connectivity index (χ1) is 15.6. The SMILES string of the molecule is Cc1ccc(OCCNC(=O)c2ccc(Cl)c(S(=O)(=O)Nc3cccc(C)c3C)c2)cc1C. The summed E-state index contributed by atoms with van der Waals surface area (Å²) >= 11 is 6.17. The van der Waals surface area contributed by atoms with Gasteiger partial charge in [0.05, 0.1) is 17.3 Å². The number of hydrogen-bond donors (Lipinski definition) is 2. The van der Waals surface area contributed by atoms with Crippen molar-refractivity contribution in [3.05, 3.63) is 87.4 Å². The van der Waals surface area contributed by atoms with Crippen LogP contribution >= 0.6 is 11.6 Å². The van der Waals surface area contributed by atoms with Gasteiger partial charge in [-0.2, -0.15) is 0 Å². The number of amides is 1. The summed E-state index contributed by atoms with van der Waals surface area (Å²) in [5, 5.41) is 2.77. The van der Waals surface area contributed by atoms with Gasteiger partial charge in [0.2, 0.25) is 0 Å². The number of hydrogen-bond acceptors (Lipinski definition) is 4. The lowest BCUT2D eigenvalue weighted by molar-refractivity contribution is 0.0947. The Morgan fingerprint density at radius 3 is 2.42 bits per heavy atom. The van der Waals surface area contributed by atoms with Gasteiger partial charge in [-0.25, -0.2) is 8.42 Å². The van der Waals surface area contributed by atoms with E-state index in [1.54, 1.807) is 12.1 Å². The van der Waals surface area contributed by atoms with Gasteiger partial charge in [0.15, 0.2) is 0 Å². The predicted molar refractivity (Wildman–Crippen MR) is 132 cm³/mol. The summed E-state index contributed by atoms with van der Waals surface area (Å²) in [6, 6.07) is 15.3. The standard InChI is InChI=1S/C25H27ClN2O4S/c1-16-8-10-21(14-18(16)3)32-13-12-27-25(29)20-9-11-22(26)24(15-20)33(30,31)28-23-7-5-6-17(2)19(23)4/h5-11,14-15,28H,12-13H2,1-4H3,(H,27,29). The molecule has 8 heteroatoms. The quantitative estimate of drug-likeness (QED) is 0.429. The first kappa shape index (κ1) is 24.6. The zero-order valence-corrected chi connectivity index (χ0v) is 20.6. The fraction of sp³-hybridized carbons (Fsp3) is 0.240. The Morgan fingerprint density at radius 1 is 0.939 bits per heavy atom. The lowest BCUT2D eigenvalue weighted by Crippen LogP contribution is -2.28. The van der Waals surface area contributed by atoms with Crippen LogP contribution in [0.5, 0.6) is 5.75 Å². The molecule has 0 aliphatic carbocycles. The van der Waals surface area contributed by atoms with Crippen LogP contribution in [0.1, 0.15) is 32.6 Å². The van der Waals surface area contributed by atoms with Gasteiger partial charge in [-0.05, 0) is 86.3 Å². The van der Waals surface area contributed by atoms with Gasteiger partial charge in [-0.3, -0.25) is 9.52 Å². The van der Waals surface area contributed by atoms with Crippen molar-refractivity contribution in [2.24, 2.45) is 0 Å². The van der Waals surface area contributed by atoms with E-state index in [0.29, 0.717) is 5.69 Å². The number of halogens is 1. The van der Waals surface area contributed by atoms with Gasteiger partial charge in [-0.1, -0.05) is 29.8 Å². The minimum absolute atomic E-state index is 0.0300. The van der Waals surface area contributed by atoms with E-state index in [1.165, 1.54) is 23.8 Å². The summed E-state index contributed by atoms with van der Waals surface area (Å²) in [6.45, 7) is 8.30. The van der Waals surface area contributed by atoms with E-state index in [4.69, 9.17) is 16.3 Å². The number of carbonyl (C=O) groups is 1. The molecule has 0 aliphatic rings. The third kappa shape index (κ3) is 6.06. The summed E-state index contributed by atoms with van der Waals surface area (Å²) < 4.78 is 34.2. The molecule has 0 spiro atoms. The Morgan fingerprint density at radius 2 is 1.70 bits per heavy atom. The van der Waals surface area contributed by atoms with Crippen molar-refractivity contribution >= 4 is 33.2 Å². The average molecular weight is 487 g/mol. The molecule has 1 amide bonds. The van der Waals surface area contributed by atoms with Crippen LogP contribution in [-0.4, -0.2) is 27.5 Å². The van der Waals surface area contributed by atoms with Crippen molar-refractivity contribution in [2.75, 3.05) is 17.9 Å². The fourth-order valence-corrected chi connectivity index (χ4v) is 4.80. The van der Waals surface area contributed by atoms with Crippen LogP contribution in [0, 0.1) is 27.7 Å². The normalized spacial score (nSPS) is 11.2. The molecule has 0 aliphatic heterocycles. The second-order valence-corrected chi connectivity index (χ2v) is 9.91. The van der Waals surface area contributed by atoms with E-state index in [9.17, 15) is 13.2 Å². The molecule has 0 unspecified atom stereocenters. The van der Waals surface area contributed by atoms with Crippen LogP contribution in [0.15, 0.2) is 59.5 Å². The number of rotatable bonds is 8. The van der Waals surface area contributed by atoms with Crippen LogP contribution in [0.4, 0.5) is 5.69 Å². The summed E-state index contributed by atoms with van der Waals surface area (Å²) in [5.74, 6) is 0.309. The Balaban J connectivity index is 1.67. The number of benzene rings is 3. The minimum Gasteiger partial charge on any atom is -0.492 e. The third-order valence-corrected chi connectivity index (χ3v) is 7.31. The highest BCUT2D eigenvalue weighted by Crippen LogP contribution is 2.27. The van der Waals surface area contributed by atoms with Crippen LogP contribution in [0.25, 0.3) is 0 Å². The number of nitrogens with one attached hydrogen (secondary N) is 2. The molecule has 0 saturated carbocycles. The summed E-state index contributed by atoms with van der Waals surface area (Å²) in [4.78, 5) is 12.4. The molecule has 33 heavy (non-hydrogen) atoms. The van der Waals surface area contributed by atoms with E-state index < -0.39 is 15.9 Å². The van der Waals surface area contributed by atoms with Crippen molar-refractivity contribution in [2.45, 2.75) is 32.6 Å². The number of carbonyl (C=O) groups excluding carboxylic acids is 1. The van der Waals surface area contributed by atoms with Crippen molar-refractivity contribution in [1.29, 1.82) is 0 Å². The van der Waals surface area contributed by atoms with E-state index >= 15 is 0 Å². The topological polar surface area (TPSA) is 84.5 Å². The maximum atomic E-state index is 13.0. The molecule has 2 N–H and O–H groups in total. The largest absolute Gasteiger partial charge is 0.492 e. The van der Waals surface area contributed by atoms with E-state index in [0.717, 1.165) is 22.4 Å². The molecule has 6 nitrogen and oxygen atoms in total. The van der Waals surface area contributed by atoms with Gasteiger partial charge in [0, 0.05) is 5.56 Å². The Bertz CT molecular complexity index is 1290. The Hall–Kier alpha value is -3.03. The van der Waals surface area contributed by atoms with Crippen LogP contribution in [-0.2, 0) is 10.0 Å². The molecule has 0 heterocycles. The Labute approximate surface area is 200 Å². The molecule has 174 valence electrons. The molecule has 0 bridgehead atoms.